The van der Waals surface area contributed by atoms with Gasteiger partial charge in [0.15, 0.2) is 0 Å². The summed E-state index contributed by atoms with van der Waals surface area (Å²) in [5, 5.41) is 3.56. The molecule has 0 radical (unpaired) electrons. The predicted molar refractivity (Wildman–Crippen MR) is 117 cm³/mol. The van der Waals surface area contributed by atoms with Gasteiger partial charge in [-0.3, -0.25) is 9.59 Å². The largest absolute Gasteiger partial charge is 0.354 e. The zero-order chi connectivity index (χ0) is 20.5. The van der Waals surface area contributed by atoms with Crippen molar-refractivity contribution in [2.45, 2.75) is 44.7 Å². The lowest BCUT2D eigenvalue weighted by Gasteiger charge is -2.29. The molecule has 2 aromatic rings. The van der Waals surface area contributed by atoms with Crippen LogP contribution in [0.3, 0.4) is 0 Å². The zero-order valence-electron chi connectivity index (χ0n) is 16.6. The summed E-state index contributed by atoms with van der Waals surface area (Å²) in [7, 11) is 0. The van der Waals surface area contributed by atoms with Crippen molar-refractivity contribution >= 4 is 35.2 Å². The second kappa shape index (κ2) is 11.1. The first kappa shape index (κ1) is 22.3. The van der Waals surface area contributed by atoms with Gasteiger partial charge in [0, 0.05) is 23.0 Å². The van der Waals surface area contributed by atoms with Crippen LogP contribution in [-0.2, 0) is 16.1 Å². The van der Waals surface area contributed by atoms with Crippen molar-refractivity contribution in [3.63, 3.8) is 0 Å². The zero-order valence-corrected chi connectivity index (χ0v) is 18.1. The van der Waals surface area contributed by atoms with Gasteiger partial charge in [0.2, 0.25) is 11.8 Å². The number of amides is 2. The van der Waals surface area contributed by atoms with Crippen LogP contribution in [0.2, 0.25) is 5.02 Å². The van der Waals surface area contributed by atoms with Gasteiger partial charge in [0.25, 0.3) is 0 Å². The van der Waals surface area contributed by atoms with Crippen LogP contribution in [0.1, 0.15) is 31.4 Å². The first-order valence-electron chi connectivity index (χ1n) is 9.41. The minimum Gasteiger partial charge on any atom is -0.354 e. The van der Waals surface area contributed by atoms with E-state index in [1.165, 1.54) is 11.8 Å². The van der Waals surface area contributed by atoms with Crippen LogP contribution in [0.4, 0.5) is 0 Å². The number of aryl methyl sites for hydroxylation is 1. The van der Waals surface area contributed by atoms with Crippen molar-refractivity contribution in [2.75, 3.05) is 12.3 Å². The van der Waals surface area contributed by atoms with Crippen molar-refractivity contribution in [1.29, 1.82) is 0 Å². The highest BCUT2D eigenvalue weighted by Crippen LogP contribution is 2.22. The van der Waals surface area contributed by atoms with E-state index in [0.29, 0.717) is 18.1 Å². The van der Waals surface area contributed by atoms with E-state index in [4.69, 9.17) is 11.6 Å². The lowest BCUT2D eigenvalue weighted by molar-refractivity contribution is -0.138. The van der Waals surface area contributed by atoms with Gasteiger partial charge in [-0.1, -0.05) is 48.4 Å². The Hall–Kier alpha value is -1.98. The summed E-state index contributed by atoms with van der Waals surface area (Å²) in [5.41, 5.74) is 2.14. The number of hydrogen-bond donors (Lipinski definition) is 1. The molecule has 0 aromatic heterocycles. The fraction of sp³-hybridized carbons (Fsp3) is 0.364. The minimum absolute atomic E-state index is 0.0689. The molecule has 0 aliphatic carbocycles. The minimum atomic E-state index is -0.537. The third-order valence-corrected chi connectivity index (χ3v) is 5.58. The van der Waals surface area contributed by atoms with E-state index in [2.05, 4.69) is 5.32 Å². The molecule has 0 aliphatic heterocycles. The Labute approximate surface area is 176 Å². The first-order chi connectivity index (χ1) is 13.4. The fourth-order valence-corrected chi connectivity index (χ4v) is 3.66. The summed E-state index contributed by atoms with van der Waals surface area (Å²) < 4.78 is 0. The van der Waals surface area contributed by atoms with Crippen LogP contribution in [-0.4, -0.2) is 35.1 Å². The van der Waals surface area contributed by atoms with Crippen LogP contribution in [0.25, 0.3) is 0 Å². The molecule has 2 amide bonds. The molecule has 1 atom stereocenters. The van der Waals surface area contributed by atoms with Crippen LogP contribution in [0, 0.1) is 6.92 Å². The van der Waals surface area contributed by atoms with Crippen molar-refractivity contribution in [3.05, 3.63) is 64.7 Å². The summed E-state index contributed by atoms with van der Waals surface area (Å²) in [6.45, 7) is 6.82. The molecule has 2 rings (SSSR count). The third-order valence-electron chi connectivity index (χ3n) is 4.33. The topological polar surface area (TPSA) is 49.4 Å². The maximum Gasteiger partial charge on any atom is 0.242 e. The van der Waals surface area contributed by atoms with Crippen LogP contribution < -0.4 is 5.32 Å². The fourth-order valence-electron chi connectivity index (χ4n) is 2.74. The number of carbonyl (C=O) groups is 2. The molecule has 6 heteroatoms. The lowest BCUT2D eigenvalue weighted by Crippen LogP contribution is -2.48. The van der Waals surface area contributed by atoms with E-state index in [9.17, 15) is 9.59 Å². The summed E-state index contributed by atoms with van der Waals surface area (Å²) in [6.07, 6.45) is 0.858. The molecule has 0 fully saturated rings. The van der Waals surface area contributed by atoms with Crippen molar-refractivity contribution < 1.29 is 9.59 Å². The Kier molecular flexibility index (Phi) is 8.87. The Bertz CT molecular complexity index is 795. The molecule has 0 heterocycles. The number of rotatable bonds is 9. The number of nitrogens with zero attached hydrogens (tertiary/aromatic N) is 1. The Morgan fingerprint density at radius 3 is 2.54 bits per heavy atom. The Balaban J connectivity index is 2.12. The van der Waals surface area contributed by atoms with E-state index >= 15 is 0 Å². The molecular weight excluding hydrogens is 392 g/mol. The molecule has 0 aliphatic rings. The second-order valence-electron chi connectivity index (χ2n) is 6.72. The standard InChI is InChI=1S/C22H27ClN2O2S/c1-4-12-24-22(27)17(3)25(14-18-7-5-6-16(2)13-18)21(26)15-28-20-10-8-19(23)9-11-20/h5-11,13,17H,4,12,14-15H2,1-3H3,(H,24,27). The highest BCUT2D eigenvalue weighted by molar-refractivity contribution is 8.00. The quantitative estimate of drug-likeness (QED) is 0.601. The predicted octanol–water partition coefficient (Wildman–Crippen LogP) is 4.68. The molecule has 0 saturated carbocycles. The molecule has 150 valence electrons. The number of hydrogen-bond acceptors (Lipinski definition) is 3. The van der Waals surface area contributed by atoms with Gasteiger partial charge in [-0.25, -0.2) is 0 Å². The Morgan fingerprint density at radius 1 is 1.18 bits per heavy atom. The normalized spacial score (nSPS) is 11.7. The number of nitrogens with one attached hydrogen (secondary N) is 1. The van der Waals surface area contributed by atoms with E-state index in [1.807, 2.05) is 50.2 Å². The molecule has 1 N–H and O–H groups in total. The summed E-state index contributed by atoms with van der Waals surface area (Å²) in [4.78, 5) is 28.1. The number of thioether (sulfide) groups is 1. The number of halogens is 1. The molecule has 0 spiro atoms. The highest BCUT2D eigenvalue weighted by atomic mass is 35.5. The van der Waals surface area contributed by atoms with Crippen LogP contribution in [0.5, 0.6) is 0 Å². The van der Waals surface area contributed by atoms with Crippen molar-refractivity contribution in [3.8, 4) is 0 Å². The molecule has 1 unspecified atom stereocenters. The number of carbonyl (C=O) groups excluding carboxylic acids is 2. The maximum absolute atomic E-state index is 13.0. The maximum atomic E-state index is 13.0. The monoisotopic (exact) mass is 418 g/mol. The van der Waals surface area contributed by atoms with Gasteiger partial charge in [-0.15, -0.1) is 11.8 Å². The smallest absolute Gasteiger partial charge is 0.242 e. The average molecular weight is 419 g/mol. The SMILES string of the molecule is CCCNC(=O)C(C)N(Cc1cccc(C)c1)C(=O)CSc1ccc(Cl)cc1. The molecule has 0 bridgehead atoms. The van der Waals surface area contributed by atoms with Crippen molar-refractivity contribution in [2.24, 2.45) is 0 Å². The molecule has 28 heavy (non-hydrogen) atoms. The lowest BCUT2D eigenvalue weighted by atomic mass is 10.1. The van der Waals surface area contributed by atoms with Gasteiger partial charge >= 0.3 is 0 Å². The number of benzene rings is 2. The van der Waals surface area contributed by atoms with E-state index in [-0.39, 0.29) is 17.6 Å². The van der Waals surface area contributed by atoms with E-state index in [0.717, 1.165) is 22.4 Å². The first-order valence-corrected chi connectivity index (χ1v) is 10.8. The van der Waals surface area contributed by atoms with Crippen LogP contribution in [0.15, 0.2) is 53.4 Å². The molecule has 2 aromatic carbocycles. The second-order valence-corrected chi connectivity index (χ2v) is 8.21. The van der Waals surface area contributed by atoms with Gasteiger partial charge in [0.05, 0.1) is 5.75 Å². The van der Waals surface area contributed by atoms with Gasteiger partial charge in [0.1, 0.15) is 6.04 Å². The highest BCUT2D eigenvalue weighted by Gasteiger charge is 2.25. The van der Waals surface area contributed by atoms with E-state index in [1.54, 1.807) is 24.0 Å². The Morgan fingerprint density at radius 2 is 1.89 bits per heavy atom. The molecule has 0 saturated heterocycles. The molecule has 4 nitrogen and oxygen atoms in total. The third kappa shape index (κ3) is 6.88. The van der Waals surface area contributed by atoms with Gasteiger partial charge in [-0.05, 0) is 50.1 Å². The summed E-state index contributed by atoms with van der Waals surface area (Å²) in [5.74, 6) is 0.0683. The van der Waals surface area contributed by atoms with Gasteiger partial charge < -0.3 is 10.2 Å². The van der Waals surface area contributed by atoms with Crippen LogP contribution >= 0.6 is 23.4 Å². The van der Waals surface area contributed by atoms with Gasteiger partial charge in [-0.2, -0.15) is 0 Å². The summed E-state index contributed by atoms with van der Waals surface area (Å²) in [6, 6.07) is 14.9. The van der Waals surface area contributed by atoms with E-state index < -0.39 is 6.04 Å². The van der Waals surface area contributed by atoms with Crippen molar-refractivity contribution in [1.82, 2.24) is 10.2 Å². The molecular formula is C22H27ClN2O2S. The summed E-state index contributed by atoms with van der Waals surface area (Å²) >= 11 is 7.36. The average Bonchev–Trinajstić information content (AvgIpc) is 2.69.